The van der Waals surface area contributed by atoms with Gasteiger partial charge in [-0.25, -0.2) is 0 Å². The Morgan fingerprint density at radius 1 is 1.21 bits per heavy atom. The van der Waals surface area contributed by atoms with Crippen LogP contribution in [-0.4, -0.2) is 12.2 Å². The molecular weight excluding hydrogens is 260 g/mol. The third kappa shape index (κ3) is 3.09. The van der Waals surface area contributed by atoms with E-state index >= 15 is 0 Å². The van der Waals surface area contributed by atoms with Crippen molar-refractivity contribution < 1.29 is 9.84 Å². The molecule has 2 rings (SSSR count). The summed E-state index contributed by atoms with van der Waals surface area (Å²) in [7, 11) is 1.59. The number of aliphatic hydroxyl groups is 1. The fraction of sp³-hybridized carbons (Fsp3) is 0.250. The zero-order valence-corrected chi connectivity index (χ0v) is 11.8. The van der Waals surface area contributed by atoms with Gasteiger partial charge < -0.3 is 9.84 Å². The highest BCUT2D eigenvalue weighted by atomic mass is 35.5. The molecule has 0 amide bonds. The molecule has 0 aliphatic heterocycles. The lowest BCUT2D eigenvalue weighted by atomic mass is 9.98. The largest absolute Gasteiger partial charge is 0.496 e. The van der Waals surface area contributed by atoms with Gasteiger partial charge in [-0.15, -0.1) is 0 Å². The molecule has 0 saturated heterocycles. The first-order valence-electron chi connectivity index (χ1n) is 6.26. The molecular formula is C16H17ClO2. The maximum absolute atomic E-state index is 10.5. The lowest BCUT2D eigenvalue weighted by Crippen LogP contribution is -2.03. The molecule has 2 nitrogen and oxygen atoms in total. The molecule has 19 heavy (non-hydrogen) atoms. The van der Waals surface area contributed by atoms with Crippen LogP contribution in [0.25, 0.3) is 0 Å². The standard InChI is InChI=1S/C16H17ClO2/c1-3-11-5-4-6-12(9-11)16(18)14-10-13(17)7-8-15(14)19-2/h4-10,16,18H,3H2,1-2H3. The monoisotopic (exact) mass is 276 g/mol. The lowest BCUT2D eigenvalue weighted by Gasteiger charge is -2.16. The van der Waals surface area contributed by atoms with E-state index in [9.17, 15) is 5.11 Å². The Morgan fingerprint density at radius 3 is 2.68 bits per heavy atom. The molecule has 0 aromatic heterocycles. The third-order valence-corrected chi connectivity index (χ3v) is 3.40. The number of benzene rings is 2. The van der Waals surface area contributed by atoms with Crippen LogP contribution in [0.2, 0.25) is 5.02 Å². The molecule has 0 saturated carbocycles. The van der Waals surface area contributed by atoms with Gasteiger partial charge in [-0.1, -0.05) is 42.8 Å². The number of hydrogen-bond donors (Lipinski definition) is 1. The highest BCUT2D eigenvalue weighted by Gasteiger charge is 2.16. The van der Waals surface area contributed by atoms with Crippen molar-refractivity contribution in [3.05, 3.63) is 64.2 Å². The van der Waals surface area contributed by atoms with Gasteiger partial charge in [0.05, 0.1) is 7.11 Å². The van der Waals surface area contributed by atoms with E-state index in [4.69, 9.17) is 16.3 Å². The quantitative estimate of drug-likeness (QED) is 0.915. The van der Waals surface area contributed by atoms with Gasteiger partial charge in [0.15, 0.2) is 0 Å². The van der Waals surface area contributed by atoms with Gasteiger partial charge in [-0.05, 0) is 35.7 Å². The minimum atomic E-state index is -0.736. The van der Waals surface area contributed by atoms with E-state index in [0.29, 0.717) is 16.3 Å². The van der Waals surface area contributed by atoms with Crippen LogP contribution in [-0.2, 0) is 6.42 Å². The molecule has 1 atom stereocenters. The molecule has 0 aliphatic carbocycles. The van der Waals surface area contributed by atoms with Crippen molar-refractivity contribution in [1.29, 1.82) is 0 Å². The summed E-state index contributed by atoms with van der Waals surface area (Å²) in [5.74, 6) is 0.638. The summed E-state index contributed by atoms with van der Waals surface area (Å²) >= 11 is 6.00. The van der Waals surface area contributed by atoms with E-state index in [-0.39, 0.29) is 0 Å². The first-order valence-corrected chi connectivity index (χ1v) is 6.63. The maximum Gasteiger partial charge on any atom is 0.125 e. The Hall–Kier alpha value is -1.51. The van der Waals surface area contributed by atoms with Crippen LogP contribution >= 0.6 is 11.6 Å². The fourth-order valence-corrected chi connectivity index (χ4v) is 2.26. The van der Waals surface area contributed by atoms with Gasteiger partial charge >= 0.3 is 0 Å². The number of halogens is 1. The second-order valence-corrected chi connectivity index (χ2v) is 4.82. The average Bonchev–Trinajstić information content (AvgIpc) is 2.46. The Labute approximate surface area is 118 Å². The van der Waals surface area contributed by atoms with Crippen LogP contribution in [0, 0.1) is 0 Å². The van der Waals surface area contributed by atoms with E-state index in [1.165, 1.54) is 5.56 Å². The van der Waals surface area contributed by atoms with Crippen LogP contribution in [0.1, 0.15) is 29.7 Å². The topological polar surface area (TPSA) is 29.5 Å². The summed E-state index contributed by atoms with van der Waals surface area (Å²) in [5.41, 5.74) is 2.72. The van der Waals surface area contributed by atoms with E-state index in [1.807, 2.05) is 24.3 Å². The molecule has 2 aromatic carbocycles. The summed E-state index contributed by atoms with van der Waals surface area (Å²) in [4.78, 5) is 0. The molecule has 0 bridgehead atoms. The van der Waals surface area contributed by atoms with Crippen LogP contribution in [0.5, 0.6) is 5.75 Å². The first kappa shape index (κ1) is 13.9. The smallest absolute Gasteiger partial charge is 0.125 e. The van der Waals surface area contributed by atoms with Gasteiger partial charge in [-0.3, -0.25) is 0 Å². The van der Waals surface area contributed by atoms with Crippen LogP contribution in [0.3, 0.4) is 0 Å². The van der Waals surface area contributed by atoms with Crippen molar-refractivity contribution in [2.45, 2.75) is 19.4 Å². The third-order valence-electron chi connectivity index (χ3n) is 3.16. The van der Waals surface area contributed by atoms with E-state index in [1.54, 1.807) is 25.3 Å². The Kier molecular flexibility index (Phi) is 4.46. The first-order chi connectivity index (χ1) is 9.15. The van der Waals surface area contributed by atoms with Crippen molar-refractivity contribution in [3.8, 4) is 5.75 Å². The number of aryl methyl sites for hydroxylation is 1. The predicted molar refractivity (Wildman–Crippen MR) is 77.9 cm³/mol. The van der Waals surface area contributed by atoms with E-state index in [2.05, 4.69) is 6.92 Å². The molecule has 0 aliphatic rings. The van der Waals surface area contributed by atoms with Crippen molar-refractivity contribution >= 4 is 11.6 Å². The number of hydrogen-bond acceptors (Lipinski definition) is 2. The normalized spacial score (nSPS) is 12.2. The molecule has 0 spiro atoms. The number of methoxy groups -OCH3 is 1. The number of ether oxygens (including phenoxy) is 1. The molecule has 1 N–H and O–H groups in total. The molecule has 2 aromatic rings. The van der Waals surface area contributed by atoms with Gasteiger partial charge in [-0.2, -0.15) is 0 Å². The fourth-order valence-electron chi connectivity index (χ4n) is 2.08. The molecule has 3 heteroatoms. The second kappa shape index (κ2) is 6.09. The molecule has 0 radical (unpaired) electrons. The van der Waals surface area contributed by atoms with Gasteiger partial charge in [0.2, 0.25) is 0 Å². The SMILES string of the molecule is CCc1cccc(C(O)c2cc(Cl)ccc2OC)c1. The summed E-state index contributed by atoms with van der Waals surface area (Å²) in [6.07, 6.45) is 0.202. The number of aliphatic hydroxyl groups excluding tert-OH is 1. The summed E-state index contributed by atoms with van der Waals surface area (Å²) in [6.45, 7) is 2.09. The maximum atomic E-state index is 10.5. The summed E-state index contributed by atoms with van der Waals surface area (Å²) < 4.78 is 5.28. The van der Waals surface area contributed by atoms with Crippen molar-refractivity contribution in [1.82, 2.24) is 0 Å². The van der Waals surface area contributed by atoms with Crippen LogP contribution in [0.15, 0.2) is 42.5 Å². The van der Waals surface area contributed by atoms with Crippen molar-refractivity contribution in [2.75, 3.05) is 7.11 Å². The highest BCUT2D eigenvalue weighted by Crippen LogP contribution is 2.32. The average molecular weight is 277 g/mol. The van der Waals surface area contributed by atoms with Crippen molar-refractivity contribution in [2.24, 2.45) is 0 Å². The van der Waals surface area contributed by atoms with Gasteiger partial charge in [0.25, 0.3) is 0 Å². The van der Waals surface area contributed by atoms with E-state index in [0.717, 1.165) is 12.0 Å². The summed E-state index contributed by atoms with van der Waals surface area (Å²) in [5, 5.41) is 11.1. The number of rotatable bonds is 4. The second-order valence-electron chi connectivity index (χ2n) is 4.39. The highest BCUT2D eigenvalue weighted by molar-refractivity contribution is 6.30. The zero-order chi connectivity index (χ0) is 13.8. The Balaban J connectivity index is 2.42. The molecule has 100 valence electrons. The Morgan fingerprint density at radius 2 is 2.00 bits per heavy atom. The Bertz CT molecular complexity index is 566. The van der Waals surface area contributed by atoms with Crippen LogP contribution in [0.4, 0.5) is 0 Å². The molecule has 0 heterocycles. The minimum absolute atomic E-state index is 0.585. The van der Waals surface area contributed by atoms with Crippen LogP contribution < -0.4 is 4.74 Å². The lowest BCUT2D eigenvalue weighted by molar-refractivity contribution is 0.214. The molecule has 0 fully saturated rings. The van der Waals surface area contributed by atoms with Gasteiger partial charge in [0.1, 0.15) is 11.9 Å². The summed E-state index contributed by atoms with van der Waals surface area (Å²) in [6, 6.07) is 13.2. The minimum Gasteiger partial charge on any atom is -0.496 e. The van der Waals surface area contributed by atoms with E-state index < -0.39 is 6.10 Å². The predicted octanol–water partition coefficient (Wildman–Crippen LogP) is 3.99. The molecule has 1 unspecified atom stereocenters. The van der Waals surface area contributed by atoms with Crippen molar-refractivity contribution in [3.63, 3.8) is 0 Å². The van der Waals surface area contributed by atoms with Gasteiger partial charge in [0, 0.05) is 10.6 Å². The zero-order valence-electron chi connectivity index (χ0n) is 11.1.